The molecular formula is C21H21BrFNO2. The summed E-state index contributed by atoms with van der Waals surface area (Å²) in [6.45, 7) is 5.51. The van der Waals surface area contributed by atoms with Crippen LogP contribution in [-0.2, 0) is 0 Å². The summed E-state index contributed by atoms with van der Waals surface area (Å²) in [4.78, 5) is 12.4. The largest absolute Gasteiger partial charge is 0.486 e. The Hall–Kier alpha value is -2.24. The zero-order valence-electron chi connectivity index (χ0n) is 14.4. The van der Waals surface area contributed by atoms with Crippen molar-refractivity contribution in [2.24, 2.45) is 0 Å². The first-order valence-electron chi connectivity index (χ1n) is 8.31. The minimum atomic E-state index is -0.550. The lowest BCUT2D eigenvalue weighted by Gasteiger charge is -2.07. The minimum Gasteiger partial charge on any atom is -0.486 e. The number of carbonyl (C=O) groups excluding carboxylic acids is 1. The average molecular weight is 418 g/mol. The molecule has 0 saturated heterocycles. The van der Waals surface area contributed by atoms with Crippen LogP contribution in [0.5, 0.6) is 5.75 Å². The SMILES string of the molecule is C=CCCNCC=CCOc1ccc(C(=O)c2ccc(Br)cc2)cc1F. The maximum Gasteiger partial charge on any atom is 0.193 e. The van der Waals surface area contributed by atoms with Gasteiger partial charge in [0.05, 0.1) is 0 Å². The third-order valence-corrected chi connectivity index (χ3v) is 4.12. The van der Waals surface area contributed by atoms with Crippen LogP contribution < -0.4 is 10.1 Å². The van der Waals surface area contributed by atoms with Crippen molar-refractivity contribution in [2.45, 2.75) is 6.42 Å². The molecule has 0 heterocycles. The van der Waals surface area contributed by atoms with E-state index in [0.29, 0.717) is 11.1 Å². The van der Waals surface area contributed by atoms with Gasteiger partial charge in [-0.15, -0.1) is 6.58 Å². The van der Waals surface area contributed by atoms with Crippen LogP contribution in [0, 0.1) is 5.82 Å². The highest BCUT2D eigenvalue weighted by Gasteiger charge is 2.12. The molecule has 2 rings (SSSR count). The molecule has 2 aromatic rings. The molecule has 0 fully saturated rings. The normalized spacial score (nSPS) is 10.8. The zero-order valence-corrected chi connectivity index (χ0v) is 16.0. The highest BCUT2D eigenvalue weighted by molar-refractivity contribution is 9.10. The Morgan fingerprint density at radius 3 is 2.58 bits per heavy atom. The molecule has 0 bridgehead atoms. The summed E-state index contributed by atoms with van der Waals surface area (Å²) in [6.07, 6.45) is 6.52. The van der Waals surface area contributed by atoms with Gasteiger partial charge in [0.1, 0.15) is 6.61 Å². The van der Waals surface area contributed by atoms with Crippen LogP contribution in [0.25, 0.3) is 0 Å². The van der Waals surface area contributed by atoms with Crippen molar-refractivity contribution < 1.29 is 13.9 Å². The molecule has 0 aromatic heterocycles. The summed E-state index contributed by atoms with van der Waals surface area (Å²) in [5.74, 6) is -0.652. The van der Waals surface area contributed by atoms with Crippen molar-refractivity contribution in [3.05, 3.63) is 88.7 Å². The molecule has 0 atom stereocenters. The van der Waals surface area contributed by atoms with Crippen LogP contribution in [-0.4, -0.2) is 25.5 Å². The second-order valence-corrected chi connectivity index (χ2v) is 6.46. The Morgan fingerprint density at radius 1 is 1.15 bits per heavy atom. The van der Waals surface area contributed by atoms with Gasteiger partial charge in [-0.1, -0.05) is 34.2 Å². The third-order valence-electron chi connectivity index (χ3n) is 3.59. The number of ketones is 1. The Balaban J connectivity index is 1.88. The van der Waals surface area contributed by atoms with Crippen molar-refractivity contribution in [3.63, 3.8) is 0 Å². The van der Waals surface area contributed by atoms with E-state index in [1.54, 1.807) is 30.3 Å². The van der Waals surface area contributed by atoms with Gasteiger partial charge >= 0.3 is 0 Å². The van der Waals surface area contributed by atoms with E-state index >= 15 is 0 Å². The second-order valence-electron chi connectivity index (χ2n) is 5.55. The number of hydrogen-bond donors (Lipinski definition) is 1. The quantitative estimate of drug-likeness (QED) is 0.338. The lowest BCUT2D eigenvalue weighted by molar-refractivity contribution is 0.103. The van der Waals surface area contributed by atoms with Gasteiger partial charge in [-0.25, -0.2) is 4.39 Å². The number of benzene rings is 2. The van der Waals surface area contributed by atoms with Crippen molar-refractivity contribution in [3.8, 4) is 5.75 Å². The molecule has 1 N–H and O–H groups in total. The monoisotopic (exact) mass is 417 g/mol. The molecule has 0 amide bonds. The summed E-state index contributed by atoms with van der Waals surface area (Å²) in [5, 5.41) is 3.21. The molecule has 5 heteroatoms. The van der Waals surface area contributed by atoms with Crippen LogP contribution in [0.3, 0.4) is 0 Å². The van der Waals surface area contributed by atoms with Crippen LogP contribution in [0.2, 0.25) is 0 Å². The van der Waals surface area contributed by atoms with Crippen LogP contribution in [0.15, 0.2) is 71.7 Å². The number of halogens is 2. The number of hydrogen-bond acceptors (Lipinski definition) is 3. The summed E-state index contributed by atoms with van der Waals surface area (Å²) in [6, 6.07) is 11.2. The molecule has 26 heavy (non-hydrogen) atoms. The fourth-order valence-corrected chi connectivity index (χ4v) is 2.47. The first kappa shape index (κ1) is 20.1. The van der Waals surface area contributed by atoms with E-state index in [9.17, 15) is 9.18 Å². The molecule has 2 aromatic carbocycles. The number of rotatable bonds is 10. The molecular weight excluding hydrogens is 397 g/mol. The van der Waals surface area contributed by atoms with Gasteiger partial charge in [0, 0.05) is 22.1 Å². The maximum atomic E-state index is 14.2. The number of ether oxygens (including phenoxy) is 1. The fraction of sp³-hybridized carbons (Fsp3) is 0.190. The van der Waals surface area contributed by atoms with Gasteiger partial charge < -0.3 is 10.1 Å². The van der Waals surface area contributed by atoms with E-state index in [-0.39, 0.29) is 18.1 Å². The van der Waals surface area contributed by atoms with Gasteiger partial charge in [0.15, 0.2) is 17.3 Å². The summed E-state index contributed by atoms with van der Waals surface area (Å²) in [5.41, 5.74) is 0.798. The summed E-state index contributed by atoms with van der Waals surface area (Å²) >= 11 is 3.32. The molecule has 3 nitrogen and oxygen atoms in total. The van der Waals surface area contributed by atoms with E-state index in [4.69, 9.17) is 4.74 Å². The van der Waals surface area contributed by atoms with E-state index in [2.05, 4.69) is 27.8 Å². The molecule has 0 aliphatic carbocycles. The first-order valence-corrected chi connectivity index (χ1v) is 9.10. The maximum absolute atomic E-state index is 14.2. The van der Waals surface area contributed by atoms with Crippen LogP contribution in [0.4, 0.5) is 4.39 Å². The highest BCUT2D eigenvalue weighted by atomic mass is 79.9. The van der Waals surface area contributed by atoms with Crippen molar-refractivity contribution in [2.75, 3.05) is 19.7 Å². The zero-order chi connectivity index (χ0) is 18.8. The van der Waals surface area contributed by atoms with E-state index < -0.39 is 5.82 Å². The number of carbonyl (C=O) groups is 1. The molecule has 0 spiro atoms. The lowest BCUT2D eigenvalue weighted by atomic mass is 10.0. The molecule has 136 valence electrons. The van der Waals surface area contributed by atoms with E-state index in [1.807, 2.05) is 18.2 Å². The Morgan fingerprint density at radius 2 is 1.88 bits per heavy atom. The molecule has 0 unspecified atom stereocenters. The van der Waals surface area contributed by atoms with Gasteiger partial charge in [-0.3, -0.25) is 4.79 Å². The second kappa shape index (κ2) is 10.7. The fourth-order valence-electron chi connectivity index (χ4n) is 2.21. The Labute approximate surface area is 161 Å². The van der Waals surface area contributed by atoms with E-state index in [0.717, 1.165) is 24.0 Å². The third kappa shape index (κ3) is 6.24. The topological polar surface area (TPSA) is 38.3 Å². The van der Waals surface area contributed by atoms with Gasteiger partial charge in [0.25, 0.3) is 0 Å². The van der Waals surface area contributed by atoms with Crippen molar-refractivity contribution in [1.82, 2.24) is 5.32 Å². The Bertz CT molecular complexity index is 772. The Kier molecular flexibility index (Phi) is 8.25. The smallest absolute Gasteiger partial charge is 0.193 e. The predicted molar refractivity (Wildman–Crippen MR) is 106 cm³/mol. The highest BCUT2D eigenvalue weighted by Crippen LogP contribution is 2.21. The lowest BCUT2D eigenvalue weighted by Crippen LogP contribution is -2.14. The van der Waals surface area contributed by atoms with Crippen molar-refractivity contribution in [1.29, 1.82) is 0 Å². The summed E-state index contributed by atoms with van der Waals surface area (Å²) in [7, 11) is 0. The van der Waals surface area contributed by atoms with Gasteiger partial charge in [0.2, 0.25) is 0 Å². The first-order chi connectivity index (χ1) is 12.6. The van der Waals surface area contributed by atoms with Crippen LogP contribution >= 0.6 is 15.9 Å². The molecule has 0 radical (unpaired) electrons. The predicted octanol–water partition coefficient (Wildman–Crippen LogP) is 4.92. The molecule has 0 aliphatic heterocycles. The van der Waals surface area contributed by atoms with Crippen molar-refractivity contribution >= 4 is 21.7 Å². The average Bonchev–Trinajstić information content (AvgIpc) is 2.65. The van der Waals surface area contributed by atoms with Crippen LogP contribution in [0.1, 0.15) is 22.3 Å². The molecule has 0 aliphatic rings. The molecule has 0 saturated carbocycles. The van der Waals surface area contributed by atoms with Gasteiger partial charge in [-0.05, 0) is 55.4 Å². The van der Waals surface area contributed by atoms with E-state index in [1.165, 1.54) is 12.1 Å². The minimum absolute atomic E-state index is 0.127. The number of nitrogens with one attached hydrogen (secondary N) is 1. The summed E-state index contributed by atoms with van der Waals surface area (Å²) < 4.78 is 20.5. The standard InChI is InChI=1S/C21H21BrFNO2/c1-2-3-12-24-13-4-5-14-26-20-11-8-17(15-19(20)23)21(25)16-6-9-18(22)10-7-16/h2,4-11,15,24H,1,3,12-14H2. The van der Waals surface area contributed by atoms with Gasteiger partial charge in [-0.2, -0.15) is 0 Å².